The van der Waals surface area contributed by atoms with Crippen molar-refractivity contribution in [1.29, 1.82) is 0 Å². The molecule has 1 atom stereocenters. The van der Waals surface area contributed by atoms with Gasteiger partial charge in [-0.25, -0.2) is 4.79 Å². The largest absolute Gasteiger partial charge is 0.483 e. The zero-order chi connectivity index (χ0) is 26.5. The summed E-state index contributed by atoms with van der Waals surface area (Å²) in [5.74, 6) is 0.752. The smallest absolute Gasteiger partial charge is 0.341 e. The maximum absolute atomic E-state index is 12.9. The summed E-state index contributed by atoms with van der Waals surface area (Å²) in [4.78, 5) is 26.5. The van der Waals surface area contributed by atoms with E-state index < -0.39 is 12.1 Å². The van der Waals surface area contributed by atoms with Crippen molar-refractivity contribution in [2.24, 2.45) is 0 Å². The van der Waals surface area contributed by atoms with Crippen molar-refractivity contribution in [3.05, 3.63) is 63.3 Å². The summed E-state index contributed by atoms with van der Waals surface area (Å²) in [6, 6.07) is 5.48. The van der Waals surface area contributed by atoms with Gasteiger partial charge >= 0.3 is 5.97 Å². The van der Waals surface area contributed by atoms with Crippen LogP contribution in [0.15, 0.2) is 36.0 Å². The van der Waals surface area contributed by atoms with E-state index in [1.54, 1.807) is 12.1 Å². The van der Waals surface area contributed by atoms with Crippen molar-refractivity contribution in [3.63, 3.8) is 0 Å². The van der Waals surface area contributed by atoms with Crippen LogP contribution in [0.3, 0.4) is 0 Å². The van der Waals surface area contributed by atoms with Gasteiger partial charge in [-0.2, -0.15) is 0 Å². The number of aryl methyl sites for hydroxylation is 2. The van der Waals surface area contributed by atoms with Gasteiger partial charge in [0, 0.05) is 16.4 Å². The average Bonchev–Trinajstić information content (AvgIpc) is 3.45. The second-order valence-corrected chi connectivity index (χ2v) is 11.1. The van der Waals surface area contributed by atoms with Crippen molar-refractivity contribution in [3.8, 4) is 5.75 Å². The number of thiophene rings is 1. The molecule has 0 bridgehead atoms. The molecule has 0 saturated heterocycles. The highest BCUT2D eigenvalue weighted by molar-refractivity contribution is 7.99. The average molecular weight is 561 g/mol. The molecule has 0 radical (unpaired) electrons. The number of hydrogen-bond acceptors (Lipinski definition) is 8. The Morgan fingerprint density at radius 2 is 2.11 bits per heavy atom. The fourth-order valence-corrected chi connectivity index (χ4v) is 6.39. The van der Waals surface area contributed by atoms with Gasteiger partial charge < -0.3 is 14.8 Å². The summed E-state index contributed by atoms with van der Waals surface area (Å²) < 4.78 is 13.0. The number of thioether (sulfide) groups is 1. The number of allylic oxidation sites excluding steroid dienone is 1. The first-order chi connectivity index (χ1) is 17.8. The molecule has 2 aromatic heterocycles. The SMILES string of the molecule is C=CCn1c(SCC(=O)Nc2sc3c(c2C(=O)OC)CCCC3)nnc1C(C)Oc1ccc(Cl)c(C)c1. The molecule has 2 heterocycles. The molecule has 0 aliphatic heterocycles. The number of fused-ring (bicyclic) bond motifs is 1. The van der Waals surface area contributed by atoms with Gasteiger partial charge in [-0.05, 0) is 68.9 Å². The number of nitrogens with zero attached hydrogens (tertiary/aromatic N) is 3. The molecule has 1 N–H and O–H groups in total. The third-order valence-electron chi connectivity index (χ3n) is 6.01. The molecule has 4 rings (SSSR count). The molecule has 11 heteroatoms. The number of halogens is 1. The lowest BCUT2D eigenvalue weighted by Crippen LogP contribution is -2.17. The fraction of sp³-hybridized carbons (Fsp3) is 0.385. The molecule has 0 fully saturated rings. The molecule has 196 valence electrons. The van der Waals surface area contributed by atoms with Crippen molar-refractivity contribution < 1.29 is 19.1 Å². The first-order valence-corrected chi connectivity index (χ1v) is 14.1. The van der Waals surface area contributed by atoms with Gasteiger partial charge in [0.15, 0.2) is 17.1 Å². The van der Waals surface area contributed by atoms with Crippen LogP contribution in [-0.2, 0) is 28.9 Å². The number of carbonyl (C=O) groups is 2. The van der Waals surface area contributed by atoms with Crippen molar-refractivity contribution in [1.82, 2.24) is 14.8 Å². The normalized spacial score (nSPS) is 13.5. The summed E-state index contributed by atoms with van der Waals surface area (Å²) in [6.45, 7) is 8.11. The number of anilines is 1. The number of benzene rings is 1. The van der Waals surface area contributed by atoms with E-state index in [1.165, 1.54) is 30.2 Å². The van der Waals surface area contributed by atoms with Gasteiger partial charge in [0.25, 0.3) is 0 Å². The topological polar surface area (TPSA) is 95.3 Å². The van der Waals surface area contributed by atoms with E-state index in [-0.39, 0.29) is 11.7 Å². The zero-order valence-corrected chi connectivity index (χ0v) is 23.4. The molecule has 1 aliphatic rings. The maximum Gasteiger partial charge on any atom is 0.341 e. The predicted octanol–water partition coefficient (Wildman–Crippen LogP) is 6.02. The number of esters is 1. The van der Waals surface area contributed by atoms with Crippen molar-refractivity contribution in [2.45, 2.75) is 57.3 Å². The molecule has 1 amide bonds. The number of carbonyl (C=O) groups excluding carboxylic acids is 2. The van der Waals surface area contributed by atoms with Crippen LogP contribution in [0, 0.1) is 6.92 Å². The molecule has 0 spiro atoms. The number of hydrogen-bond donors (Lipinski definition) is 1. The third kappa shape index (κ3) is 6.19. The standard InChI is InChI=1S/C26H29ClN4O4S2/c1-5-12-31-23(16(3)35-17-10-11-19(27)15(2)13-17)29-30-26(31)36-14-21(32)28-24-22(25(33)34-4)18-8-6-7-9-20(18)37-24/h5,10-11,13,16H,1,6-9,12,14H2,2-4H3,(H,28,32). The molecule has 1 aromatic carbocycles. The Balaban J connectivity index is 1.46. The Kier molecular flexibility index (Phi) is 8.94. The van der Waals surface area contributed by atoms with Crippen LogP contribution in [0.25, 0.3) is 0 Å². The molecule has 1 aliphatic carbocycles. The fourth-order valence-electron chi connectivity index (χ4n) is 4.22. The number of methoxy groups -OCH3 is 1. The summed E-state index contributed by atoms with van der Waals surface area (Å²) in [5, 5.41) is 13.3. The lowest BCUT2D eigenvalue weighted by atomic mass is 9.95. The van der Waals surface area contributed by atoms with Crippen LogP contribution in [0.1, 0.15) is 58.1 Å². The second-order valence-electron chi connectivity index (χ2n) is 8.65. The highest BCUT2D eigenvalue weighted by Crippen LogP contribution is 2.38. The molecule has 8 nitrogen and oxygen atoms in total. The van der Waals surface area contributed by atoms with Gasteiger partial charge in [-0.1, -0.05) is 29.4 Å². The number of amides is 1. The third-order valence-corrected chi connectivity index (χ3v) is 8.61. The van der Waals surface area contributed by atoms with E-state index in [4.69, 9.17) is 21.1 Å². The predicted molar refractivity (Wildman–Crippen MR) is 147 cm³/mol. The number of aromatic nitrogens is 3. The Labute approximate surface area is 229 Å². The molecular weight excluding hydrogens is 532 g/mol. The lowest BCUT2D eigenvalue weighted by molar-refractivity contribution is -0.113. The van der Waals surface area contributed by atoms with Crippen LogP contribution in [0.5, 0.6) is 5.75 Å². The Bertz CT molecular complexity index is 1320. The van der Waals surface area contributed by atoms with Crippen LogP contribution in [0.4, 0.5) is 5.00 Å². The summed E-state index contributed by atoms with van der Waals surface area (Å²) in [7, 11) is 1.36. The van der Waals surface area contributed by atoms with E-state index >= 15 is 0 Å². The van der Waals surface area contributed by atoms with Crippen LogP contribution < -0.4 is 10.1 Å². The van der Waals surface area contributed by atoms with Crippen LogP contribution >= 0.6 is 34.7 Å². The minimum Gasteiger partial charge on any atom is -0.483 e. The van der Waals surface area contributed by atoms with E-state index in [1.807, 2.05) is 30.5 Å². The highest BCUT2D eigenvalue weighted by atomic mass is 35.5. The van der Waals surface area contributed by atoms with E-state index in [2.05, 4.69) is 22.1 Å². The van der Waals surface area contributed by atoms with Gasteiger partial charge in [0.1, 0.15) is 10.8 Å². The van der Waals surface area contributed by atoms with Crippen LogP contribution in [-0.4, -0.2) is 39.5 Å². The van der Waals surface area contributed by atoms with Crippen molar-refractivity contribution in [2.75, 3.05) is 18.2 Å². The molecule has 37 heavy (non-hydrogen) atoms. The monoisotopic (exact) mass is 560 g/mol. The van der Waals surface area contributed by atoms with Gasteiger partial charge in [-0.15, -0.1) is 28.1 Å². The zero-order valence-electron chi connectivity index (χ0n) is 21.0. The molecule has 1 unspecified atom stereocenters. The number of rotatable bonds is 10. The molecule has 0 saturated carbocycles. The number of ether oxygens (including phenoxy) is 2. The Morgan fingerprint density at radius 3 is 2.84 bits per heavy atom. The number of nitrogens with one attached hydrogen (secondary N) is 1. The van der Waals surface area contributed by atoms with Crippen molar-refractivity contribution >= 4 is 51.6 Å². The lowest BCUT2D eigenvalue weighted by Gasteiger charge is -2.16. The second kappa shape index (κ2) is 12.1. The Morgan fingerprint density at radius 1 is 1.32 bits per heavy atom. The van der Waals surface area contributed by atoms with E-state index in [9.17, 15) is 9.59 Å². The summed E-state index contributed by atoms with van der Waals surface area (Å²) in [6.07, 6.45) is 5.20. The van der Waals surface area contributed by atoms with E-state index in [0.29, 0.717) is 38.9 Å². The summed E-state index contributed by atoms with van der Waals surface area (Å²) >= 11 is 8.85. The quantitative estimate of drug-likeness (QED) is 0.184. The molecular formula is C26H29ClN4O4S2. The molecule has 3 aromatic rings. The first kappa shape index (κ1) is 27.2. The highest BCUT2D eigenvalue weighted by Gasteiger charge is 2.27. The first-order valence-electron chi connectivity index (χ1n) is 11.9. The van der Waals surface area contributed by atoms with Crippen LogP contribution in [0.2, 0.25) is 5.02 Å². The Hall–Kier alpha value is -2.82. The van der Waals surface area contributed by atoms with E-state index in [0.717, 1.165) is 41.7 Å². The van der Waals surface area contributed by atoms with Gasteiger partial charge in [0.05, 0.1) is 18.4 Å². The van der Waals surface area contributed by atoms with Gasteiger partial charge in [-0.3, -0.25) is 9.36 Å². The maximum atomic E-state index is 12.9. The minimum atomic E-state index is -0.414. The minimum absolute atomic E-state index is 0.101. The van der Waals surface area contributed by atoms with Gasteiger partial charge in [0.2, 0.25) is 5.91 Å². The summed E-state index contributed by atoms with van der Waals surface area (Å²) in [5.41, 5.74) is 2.41.